The Bertz CT molecular complexity index is 500. The van der Waals surface area contributed by atoms with Crippen LogP contribution in [-0.4, -0.2) is 27.3 Å². The molecular formula is C14H22N2O3S. The van der Waals surface area contributed by atoms with E-state index in [4.69, 9.17) is 5.73 Å². The first kappa shape index (κ1) is 16.8. The minimum Gasteiger partial charge on any atom is -0.330 e. The summed E-state index contributed by atoms with van der Waals surface area (Å²) in [5.74, 6) is -0.187. The van der Waals surface area contributed by atoms with Crippen molar-refractivity contribution in [3.63, 3.8) is 0 Å². The van der Waals surface area contributed by atoms with Crippen molar-refractivity contribution >= 4 is 15.8 Å². The number of carbonyl (C=O) groups is 1. The summed E-state index contributed by atoms with van der Waals surface area (Å²) in [5.41, 5.74) is 6.06. The third-order valence-corrected chi connectivity index (χ3v) is 4.15. The Morgan fingerprint density at radius 3 is 2.45 bits per heavy atom. The highest BCUT2D eigenvalue weighted by Crippen LogP contribution is 2.04. The molecule has 6 heteroatoms. The van der Waals surface area contributed by atoms with Crippen LogP contribution < -0.4 is 10.5 Å². The van der Waals surface area contributed by atoms with Gasteiger partial charge in [-0.2, -0.15) is 0 Å². The van der Waals surface area contributed by atoms with Crippen molar-refractivity contribution in [2.75, 3.05) is 13.1 Å². The molecule has 0 amide bonds. The molecule has 1 rings (SSSR count). The fourth-order valence-electron chi connectivity index (χ4n) is 1.77. The van der Waals surface area contributed by atoms with Crippen LogP contribution in [0.3, 0.4) is 0 Å². The summed E-state index contributed by atoms with van der Waals surface area (Å²) in [6.45, 7) is 0.496. The maximum absolute atomic E-state index is 11.8. The van der Waals surface area contributed by atoms with E-state index >= 15 is 0 Å². The number of unbranched alkanes of at least 4 members (excludes halogenated alkanes) is 2. The van der Waals surface area contributed by atoms with Gasteiger partial charge in [0.1, 0.15) is 5.78 Å². The van der Waals surface area contributed by atoms with Crippen LogP contribution in [0.1, 0.15) is 31.2 Å². The number of benzene rings is 1. The lowest BCUT2D eigenvalue weighted by Gasteiger charge is -2.06. The van der Waals surface area contributed by atoms with E-state index in [9.17, 15) is 13.2 Å². The number of rotatable bonds is 10. The quantitative estimate of drug-likeness (QED) is 0.635. The Morgan fingerprint density at radius 2 is 1.80 bits per heavy atom. The molecule has 0 aliphatic rings. The van der Waals surface area contributed by atoms with Crippen molar-refractivity contribution < 1.29 is 13.2 Å². The minimum absolute atomic E-state index is 0.0846. The largest absolute Gasteiger partial charge is 0.330 e. The van der Waals surface area contributed by atoms with Crippen molar-refractivity contribution in [2.24, 2.45) is 5.73 Å². The van der Waals surface area contributed by atoms with Gasteiger partial charge in [-0.3, -0.25) is 4.79 Å². The summed E-state index contributed by atoms with van der Waals surface area (Å²) in [5, 5.41) is 0. The van der Waals surface area contributed by atoms with Crippen molar-refractivity contribution in [1.82, 2.24) is 4.72 Å². The van der Waals surface area contributed by atoms with Gasteiger partial charge < -0.3 is 5.73 Å². The second kappa shape index (κ2) is 8.84. The monoisotopic (exact) mass is 298 g/mol. The van der Waals surface area contributed by atoms with Gasteiger partial charge in [0.25, 0.3) is 0 Å². The summed E-state index contributed by atoms with van der Waals surface area (Å²) in [4.78, 5) is 11.5. The van der Waals surface area contributed by atoms with Crippen LogP contribution in [0.2, 0.25) is 0 Å². The molecule has 3 N–H and O–H groups in total. The van der Waals surface area contributed by atoms with E-state index in [-0.39, 0.29) is 18.1 Å². The second-order valence-electron chi connectivity index (χ2n) is 4.70. The Labute approximate surface area is 120 Å². The molecule has 0 aromatic heterocycles. The molecule has 20 heavy (non-hydrogen) atoms. The average molecular weight is 298 g/mol. The number of hydrogen-bond donors (Lipinski definition) is 2. The molecule has 0 bridgehead atoms. The summed E-state index contributed by atoms with van der Waals surface area (Å²) < 4.78 is 25.9. The zero-order chi connectivity index (χ0) is 14.8. The van der Waals surface area contributed by atoms with E-state index in [1.807, 2.05) is 6.07 Å². The zero-order valence-corrected chi connectivity index (χ0v) is 12.4. The van der Waals surface area contributed by atoms with E-state index in [0.717, 1.165) is 19.3 Å². The lowest BCUT2D eigenvalue weighted by molar-refractivity contribution is -0.118. The highest BCUT2D eigenvalue weighted by Gasteiger charge is 2.13. The van der Waals surface area contributed by atoms with Crippen molar-refractivity contribution in [2.45, 2.75) is 31.4 Å². The average Bonchev–Trinajstić information content (AvgIpc) is 2.42. The minimum atomic E-state index is -3.46. The van der Waals surface area contributed by atoms with E-state index in [1.54, 1.807) is 24.3 Å². The SMILES string of the molecule is NCCCCCC(=O)CNS(=O)(=O)Cc1ccccc1. The molecule has 0 radical (unpaired) electrons. The lowest BCUT2D eigenvalue weighted by Crippen LogP contribution is -2.30. The molecule has 0 saturated heterocycles. The maximum Gasteiger partial charge on any atom is 0.216 e. The van der Waals surface area contributed by atoms with Crippen LogP contribution in [-0.2, 0) is 20.6 Å². The molecule has 0 aliphatic heterocycles. The number of hydrogen-bond acceptors (Lipinski definition) is 4. The number of ketones is 1. The van der Waals surface area contributed by atoms with Gasteiger partial charge in [-0.25, -0.2) is 13.1 Å². The Hall–Kier alpha value is -1.24. The van der Waals surface area contributed by atoms with E-state index in [2.05, 4.69) is 4.72 Å². The van der Waals surface area contributed by atoms with Crippen LogP contribution in [0.25, 0.3) is 0 Å². The predicted octanol–water partition coefficient (Wildman–Crippen LogP) is 1.19. The molecular weight excluding hydrogens is 276 g/mol. The molecule has 0 fully saturated rings. The second-order valence-corrected chi connectivity index (χ2v) is 6.51. The smallest absolute Gasteiger partial charge is 0.216 e. The van der Waals surface area contributed by atoms with Gasteiger partial charge in [0.15, 0.2) is 0 Å². The normalized spacial score (nSPS) is 11.4. The van der Waals surface area contributed by atoms with Crippen molar-refractivity contribution in [3.05, 3.63) is 35.9 Å². The summed E-state index contributed by atoms with van der Waals surface area (Å²) >= 11 is 0. The molecule has 1 aromatic carbocycles. The number of nitrogens with one attached hydrogen (secondary N) is 1. The molecule has 0 unspecified atom stereocenters. The lowest BCUT2D eigenvalue weighted by atomic mass is 10.1. The fraction of sp³-hybridized carbons (Fsp3) is 0.500. The molecule has 5 nitrogen and oxygen atoms in total. The van der Waals surface area contributed by atoms with Gasteiger partial charge in [-0.1, -0.05) is 36.8 Å². The van der Waals surface area contributed by atoms with Gasteiger partial charge in [0, 0.05) is 6.42 Å². The topological polar surface area (TPSA) is 89.3 Å². The van der Waals surface area contributed by atoms with Gasteiger partial charge in [-0.05, 0) is 24.9 Å². The molecule has 0 heterocycles. The molecule has 0 aliphatic carbocycles. The Balaban J connectivity index is 2.31. The van der Waals surface area contributed by atoms with Crippen LogP contribution in [0.5, 0.6) is 0 Å². The zero-order valence-electron chi connectivity index (χ0n) is 11.5. The number of sulfonamides is 1. The summed E-state index contributed by atoms with van der Waals surface area (Å²) in [6, 6.07) is 8.89. The van der Waals surface area contributed by atoms with Crippen LogP contribution in [0.4, 0.5) is 0 Å². The molecule has 0 saturated carbocycles. The van der Waals surface area contributed by atoms with Gasteiger partial charge in [0.2, 0.25) is 10.0 Å². The van der Waals surface area contributed by atoms with Gasteiger partial charge in [0.05, 0.1) is 12.3 Å². The maximum atomic E-state index is 11.8. The highest BCUT2D eigenvalue weighted by atomic mass is 32.2. The molecule has 112 valence electrons. The van der Waals surface area contributed by atoms with Crippen molar-refractivity contribution in [1.29, 1.82) is 0 Å². The Kier molecular flexibility index (Phi) is 7.43. The van der Waals surface area contributed by atoms with Crippen LogP contribution in [0.15, 0.2) is 30.3 Å². The first-order chi connectivity index (χ1) is 9.53. The van der Waals surface area contributed by atoms with Gasteiger partial charge >= 0.3 is 0 Å². The van der Waals surface area contributed by atoms with Gasteiger partial charge in [-0.15, -0.1) is 0 Å². The van der Waals surface area contributed by atoms with E-state index in [0.29, 0.717) is 18.5 Å². The van der Waals surface area contributed by atoms with Crippen LogP contribution >= 0.6 is 0 Å². The number of Topliss-reactive ketones (excluding diaryl/α,β-unsaturated/α-hetero) is 1. The third kappa shape index (κ3) is 7.37. The standard InChI is InChI=1S/C14H22N2O3S/c15-10-6-2-5-9-14(17)11-16-20(18,19)12-13-7-3-1-4-8-13/h1,3-4,7-8,16H,2,5-6,9-12,15H2. The number of carbonyl (C=O) groups excluding carboxylic acids is 1. The van der Waals surface area contributed by atoms with E-state index in [1.165, 1.54) is 0 Å². The first-order valence-electron chi connectivity index (χ1n) is 6.76. The third-order valence-electron chi connectivity index (χ3n) is 2.85. The first-order valence-corrected chi connectivity index (χ1v) is 8.42. The Morgan fingerprint density at radius 1 is 1.10 bits per heavy atom. The highest BCUT2D eigenvalue weighted by molar-refractivity contribution is 7.88. The van der Waals surface area contributed by atoms with Crippen LogP contribution in [0, 0.1) is 0 Å². The van der Waals surface area contributed by atoms with E-state index < -0.39 is 10.0 Å². The molecule has 0 atom stereocenters. The number of nitrogens with two attached hydrogens (primary N) is 1. The summed E-state index contributed by atoms with van der Waals surface area (Å²) in [6.07, 6.45) is 2.95. The molecule has 0 spiro atoms. The van der Waals surface area contributed by atoms with Crippen molar-refractivity contribution in [3.8, 4) is 0 Å². The molecule has 1 aromatic rings. The predicted molar refractivity (Wildman–Crippen MR) is 79.6 cm³/mol. The fourth-order valence-corrected chi connectivity index (χ4v) is 2.88. The summed E-state index contributed by atoms with van der Waals surface area (Å²) in [7, 11) is -3.46.